The van der Waals surface area contributed by atoms with Crippen LogP contribution in [0.4, 0.5) is 5.13 Å². The Bertz CT molecular complexity index is 931. The van der Waals surface area contributed by atoms with Gasteiger partial charge in [0, 0.05) is 23.5 Å². The number of fused-ring (bicyclic) bond motifs is 1. The Kier molecular flexibility index (Phi) is 5.60. The van der Waals surface area contributed by atoms with Crippen LogP contribution in [0.25, 0.3) is 10.7 Å². The van der Waals surface area contributed by atoms with E-state index in [4.69, 9.17) is 0 Å². The average Bonchev–Trinajstić information content (AvgIpc) is 3.39. The van der Waals surface area contributed by atoms with Crippen molar-refractivity contribution in [1.82, 2.24) is 19.7 Å². The maximum atomic E-state index is 12.0. The summed E-state index contributed by atoms with van der Waals surface area (Å²) in [7, 11) is 1.96. The van der Waals surface area contributed by atoms with Crippen LogP contribution in [0.5, 0.6) is 0 Å². The third-order valence-corrected chi connectivity index (χ3v) is 7.77. The zero-order valence-electron chi connectivity index (χ0n) is 15.3. The molecule has 0 saturated carbocycles. The van der Waals surface area contributed by atoms with Crippen LogP contribution in [0.3, 0.4) is 0 Å². The summed E-state index contributed by atoms with van der Waals surface area (Å²) in [4.78, 5) is 18.8. The van der Waals surface area contributed by atoms with E-state index in [0.717, 1.165) is 16.9 Å². The average molecular weight is 420 g/mol. The van der Waals surface area contributed by atoms with Gasteiger partial charge in [0.2, 0.25) is 5.91 Å². The highest BCUT2D eigenvalue weighted by Gasteiger charge is 2.22. The molecule has 1 N–H and O–H groups in total. The Labute approximate surface area is 170 Å². The largest absolute Gasteiger partial charge is 0.304 e. The van der Waals surface area contributed by atoms with E-state index in [1.807, 2.05) is 28.3 Å². The quantitative estimate of drug-likeness (QED) is 0.605. The number of hydrogen-bond acceptors (Lipinski definition) is 7. The number of thioether (sulfide) groups is 1. The van der Waals surface area contributed by atoms with Crippen molar-refractivity contribution in [2.24, 2.45) is 13.0 Å². The van der Waals surface area contributed by atoms with Gasteiger partial charge in [0.15, 0.2) is 16.1 Å². The fraction of sp³-hybridized carbons (Fsp3) is 0.444. The Balaban J connectivity index is 1.43. The predicted molar refractivity (Wildman–Crippen MR) is 112 cm³/mol. The number of nitrogens with zero attached hydrogens (tertiary/aromatic N) is 4. The monoisotopic (exact) mass is 419 g/mol. The lowest BCUT2D eigenvalue weighted by atomic mass is 9.87. The molecule has 1 amide bonds. The number of nitrogens with one attached hydrogen (secondary N) is 1. The maximum absolute atomic E-state index is 12.0. The van der Waals surface area contributed by atoms with E-state index >= 15 is 0 Å². The molecule has 0 saturated heterocycles. The molecule has 1 atom stereocenters. The fourth-order valence-electron chi connectivity index (χ4n) is 3.28. The lowest BCUT2D eigenvalue weighted by Gasteiger charge is -2.19. The molecule has 3 aromatic rings. The van der Waals surface area contributed by atoms with Crippen LogP contribution >= 0.6 is 34.4 Å². The molecular formula is C18H21N5OS3. The normalized spacial score (nSPS) is 16.3. The molecule has 0 spiro atoms. The highest BCUT2D eigenvalue weighted by Crippen LogP contribution is 2.38. The molecule has 1 aliphatic carbocycles. The number of anilines is 1. The molecule has 6 nitrogen and oxygen atoms in total. The van der Waals surface area contributed by atoms with Crippen LogP contribution in [0, 0.1) is 5.92 Å². The highest BCUT2D eigenvalue weighted by atomic mass is 32.2. The molecule has 0 radical (unpaired) electrons. The Morgan fingerprint density at radius 2 is 2.33 bits per heavy atom. The number of aryl methyl sites for hydroxylation is 1. The summed E-state index contributed by atoms with van der Waals surface area (Å²) in [6.07, 6.45) is 6.56. The van der Waals surface area contributed by atoms with Gasteiger partial charge in [-0.2, -0.15) is 0 Å². The van der Waals surface area contributed by atoms with Crippen molar-refractivity contribution in [1.29, 1.82) is 0 Å². The third-order valence-electron chi connectivity index (χ3n) is 4.83. The van der Waals surface area contributed by atoms with Gasteiger partial charge in [-0.15, -0.1) is 32.9 Å². The minimum atomic E-state index is -0.0864. The molecule has 0 bridgehead atoms. The lowest BCUT2D eigenvalue weighted by molar-refractivity contribution is -0.113. The van der Waals surface area contributed by atoms with Crippen molar-refractivity contribution in [3.63, 3.8) is 0 Å². The van der Waals surface area contributed by atoms with Crippen molar-refractivity contribution < 1.29 is 4.79 Å². The van der Waals surface area contributed by atoms with E-state index in [1.54, 1.807) is 6.20 Å². The summed E-state index contributed by atoms with van der Waals surface area (Å²) in [6, 6.07) is 2.29. The van der Waals surface area contributed by atoms with Crippen LogP contribution in [-0.2, 0) is 24.7 Å². The van der Waals surface area contributed by atoms with Crippen molar-refractivity contribution >= 4 is 45.5 Å². The smallest absolute Gasteiger partial charge is 0.236 e. The van der Waals surface area contributed by atoms with Crippen molar-refractivity contribution in [3.05, 3.63) is 28.1 Å². The first-order chi connectivity index (χ1) is 13.1. The van der Waals surface area contributed by atoms with Crippen LogP contribution in [0.15, 0.2) is 22.8 Å². The zero-order valence-corrected chi connectivity index (χ0v) is 17.7. The maximum Gasteiger partial charge on any atom is 0.236 e. The first-order valence-electron chi connectivity index (χ1n) is 8.97. The molecular weight excluding hydrogens is 398 g/mol. The summed E-state index contributed by atoms with van der Waals surface area (Å²) in [5.74, 6) is 1.88. The van der Waals surface area contributed by atoms with E-state index in [2.05, 4.69) is 33.5 Å². The number of thiazole rings is 1. The topological polar surface area (TPSA) is 72.7 Å². The van der Waals surface area contributed by atoms with Gasteiger partial charge >= 0.3 is 0 Å². The fourth-order valence-corrected chi connectivity index (χ4v) is 5.77. The second kappa shape index (κ2) is 8.12. The summed E-state index contributed by atoms with van der Waals surface area (Å²) >= 11 is 4.63. The number of rotatable bonds is 6. The second-order valence-electron chi connectivity index (χ2n) is 6.62. The van der Waals surface area contributed by atoms with Crippen LogP contribution in [0.2, 0.25) is 0 Å². The van der Waals surface area contributed by atoms with Gasteiger partial charge in [-0.25, -0.2) is 4.98 Å². The summed E-state index contributed by atoms with van der Waals surface area (Å²) < 4.78 is 1.98. The van der Waals surface area contributed by atoms with E-state index < -0.39 is 0 Å². The summed E-state index contributed by atoms with van der Waals surface area (Å²) in [6.45, 7) is 2.28. The van der Waals surface area contributed by atoms with Crippen LogP contribution in [-0.4, -0.2) is 31.4 Å². The molecule has 3 aromatic heterocycles. The van der Waals surface area contributed by atoms with Gasteiger partial charge in [0.25, 0.3) is 0 Å². The zero-order chi connectivity index (χ0) is 18.8. The summed E-state index contributed by atoms with van der Waals surface area (Å²) in [5.41, 5.74) is 1.48. The Morgan fingerprint density at radius 3 is 3.11 bits per heavy atom. The minimum Gasteiger partial charge on any atom is -0.304 e. The molecule has 9 heteroatoms. The first-order valence-corrected chi connectivity index (χ1v) is 11.7. The van der Waals surface area contributed by atoms with Gasteiger partial charge in [-0.05, 0) is 36.8 Å². The molecule has 0 aromatic carbocycles. The van der Waals surface area contributed by atoms with E-state index in [9.17, 15) is 4.79 Å². The summed E-state index contributed by atoms with van der Waals surface area (Å²) in [5, 5.41) is 14.7. The SMILES string of the molecule is CCC1CCc2sc(-c3nnc(SCC(=O)Nc4nccs4)n3C)cc2C1. The van der Waals surface area contributed by atoms with Crippen molar-refractivity contribution in [2.75, 3.05) is 11.1 Å². The van der Waals surface area contributed by atoms with Crippen molar-refractivity contribution in [2.45, 2.75) is 37.8 Å². The third kappa shape index (κ3) is 4.09. The van der Waals surface area contributed by atoms with Gasteiger partial charge in [0.1, 0.15) is 0 Å². The van der Waals surface area contributed by atoms with Gasteiger partial charge in [-0.1, -0.05) is 25.1 Å². The highest BCUT2D eigenvalue weighted by molar-refractivity contribution is 7.99. The number of thiophene rings is 1. The molecule has 1 unspecified atom stereocenters. The van der Waals surface area contributed by atoms with Gasteiger partial charge in [0.05, 0.1) is 10.6 Å². The number of carbonyl (C=O) groups excluding carboxylic acids is 1. The molecule has 142 valence electrons. The molecule has 0 fully saturated rings. The Morgan fingerprint density at radius 1 is 1.44 bits per heavy atom. The van der Waals surface area contributed by atoms with Gasteiger partial charge in [-0.3, -0.25) is 4.79 Å². The van der Waals surface area contributed by atoms with E-state index in [0.29, 0.717) is 5.13 Å². The van der Waals surface area contributed by atoms with E-state index in [-0.39, 0.29) is 11.7 Å². The molecule has 1 aliphatic rings. The van der Waals surface area contributed by atoms with Crippen LogP contribution < -0.4 is 5.32 Å². The first kappa shape index (κ1) is 18.6. The minimum absolute atomic E-state index is 0.0864. The molecule has 27 heavy (non-hydrogen) atoms. The molecule has 0 aliphatic heterocycles. The number of hydrogen-bond donors (Lipinski definition) is 1. The predicted octanol–water partition coefficient (Wildman–Crippen LogP) is 4.25. The van der Waals surface area contributed by atoms with E-state index in [1.165, 1.54) is 64.1 Å². The molecule has 3 heterocycles. The lowest BCUT2D eigenvalue weighted by Crippen LogP contribution is -2.14. The second-order valence-corrected chi connectivity index (χ2v) is 9.59. The number of carbonyl (C=O) groups is 1. The number of amides is 1. The Hall–Kier alpha value is -1.71. The number of aromatic nitrogens is 4. The standard InChI is InChI=1S/C18H21N5OS3/c1-3-11-4-5-13-12(8-11)9-14(27-13)16-21-22-18(23(16)2)26-10-15(24)20-17-19-6-7-25-17/h6-7,9,11H,3-5,8,10H2,1-2H3,(H,19,20,24). The van der Waals surface area contributed by atoms with Gasteiger partial charge < -0.3 is 9.88 Å². The van der Waals surface area contributed by atoms with Crippen molar-refractivity contribution in [3.8, 4) is 10.7 Å². The van der Waals surface area contributed by atoms with Crippen LogP contribution in [0.1, 0.15) is 30.2 Å². The molecule has 4 rings (SSSR count).